The molecular formula is C11H13ClF3N3. The lowest BCUT2D eigenvalue weighted by Gasteiger charge is -2.32. The Morgan fingerprint density at radius 1 is 1.22 bits per heavy atom. The monoisotopic (exact) mass is 279 g/mol. The van der Waals surface area contributed by atoms with E-state index < -0.39 is 12.1 Å². The van der Waals surface area contributed by atoms with E-state index in [2.05, 4.69) is 9.97 Å². The van der Waals surface area contributed by atoms with Gasteiger partial charge >= 0.3 is 6.18 Å². The number of rotatable bonds is 2. The second-order valence-corrected chi connectivity index (χ2v) is 4.81. The van der Waals surface area contributed by atoms with E-state index in [0.29, 0.717) is 24.8 Å². The molecular weight excluding hydrogens is 267 g/mol. The number of aromatic nitrogens is 2. The smallest absolute Gasteiger partial charge is 0.297 e. The highest BCUT2D eigenvalue weighted by Crippen LogP contribution is 2.34. The summed E-state index contributed by atoms with van der Waals surface area (Å²) in [5.41, 5.74) is 0.727. The van der Waals surface area contributed by atoms with Gasteiger partial charge in [-0.25, -0.2) is 4.98 Å². The molecule has 0 bridgehead atoms. The van der Waals surface area contributed by atoms with Gasteiger partial charge in [0.05, 0.1) is 24.0 Å². The van der Waals surface area contributed by atoms with Gasteiger partial charge in [0, 0.05) is 6.54 Å². The molecule has 2 heterocycles. The van der Waals surface area contributed by atoms with Crippen LogP contribution in [0, 0.1) is 5.92 Å². The van der Waals surface area contributed by atoms with Crippen molar-refractivity contribution < 1.29 is 13.2 Å². The average molecular weight is 280 g/mol. The summed E-state index contributed by atoms with van der Waals surface area (Å²) in [6.07, 6.45) is -0.751. The van der Waals surface area contributed by atoms with Crippen molar-refractivity contribution in [2.24, 2.45) is 5.92 Å². The van der Waals surface area contributed by atoms with E-state index in [4.69, 9.17) is 11.6 Å². The summed E-state index contributed by atoms with van der Waals surface area (Å²) in [5, 5.41) is 0.314. The molecule has 1 saturated heterocycles. The van der Waals surface area contributed by atoms with Gasteiger partial charge in [0.25, 0.3) is 0 Å². The number of piperidine rings is 1. The summed E-state index contributed by atoms with van der Waals surface area (Å²) in [5.74, 6) is -1.16. The lowest BCUT2D eigenvalue weighted by molar-refractivity contribution is -0.185. The van der Waals surface area contributed by atoms with E-state index in [1.807, 2.05) is 4.90 Å². The molecule has 0 radical (unpaired) electrons. The first-order valence-electron chi connectivity index (χ1n) is 5.70. The quantitative estimate of drug-likeness (QED) is 0.833. The largest absolute Gasteiger partial charge is 0.391 e. The molecule has 18 heavy (non-hydrogen) atoms. The van der Waals surface area contributed by atoms with Gasteiger partial charge in [0.1, 0.15) is 5.15 Å². The molecule has 3 nitrogen and oxygen atoms in total. The molecule has 7 heteroatoms. The minimum Gasteiger partial charge on any atom is -0.297 e. The molecule has 0 amide bonds. The zero-order valence-corrected chi connectivity index (χ0v) is 10.4. The second-order valence-electron chi connectivity index (χ2n) is 4.42. The predicted octanol–water partition coefficient (Wildman–Crippen LogP) is 2.90. The van der Waals surface area contributed by atoms with Gasteiger partial charge in [0.15, 0.2) is 0 Å². The highest BCUT2D eigenvalue weighted by molar-refractivity contribution is 6.29. The summed E-state index contributed by atoms with van der Waals surface area (Å²) in [7, 11) is 0. The van der Waals surface area contributed by atoms with Gasteiger partial charge < -0.3 is 0 Å². The van der Waals surface area contributed by atoms with E-state index in [-0.39, 0.29) is 12.8 Å². The van der Waals surface area contributed by atoms with E-state index in [1.165, 1.54) is 6.20 Å². The summed E-state index contributed by atoms with van der Waals surface area (Å²) in [6, 6.07) is 0. The van der Waals surface area contributed by atoms with E-state index in [1.54, 1.807) is 6.20 Å². The molecule has 1 aromatic rings. The molecule has 0 unspecified atom stereocenters. The number of nitrogens with zero attached hydrogens (tertiary/aromatic N) is 3. The van der Waals surface area contributed by atoms with Crippen molar-refractivity contribution in [1.29, 1.82) is 0 Å². The zero-order valence-electron chi connectivity index (χ0n) is 9.62. The van der Waals surface area contributed by atoms with Gasteiger partial charge in [-0.3, -0.25) is 9.88 Å². The van der Waals surface area contributed by atoms with Crippen LogP contribution in [0.25, 0.3) is 0 Å². The fourth-order valence-electron chi connectivity index (χ4n) is 2.07. The molecule has 0 spiro atoms. The van der Waals surface area contributed by atoms with Gasteiger partial charge in [-0.1, -0.05) is 11.6 Å². The first-order chi connectivity index (χ1) is 8.45. The molecule has 0 N–H and O–H groups in total. The lowest BCUT2D eigenvalue weighted by atomic mass is 9.96. The SMILES string of the molecule is FC(F)(F)C1CCN(Cc2cnc(Cl)cn2)CC1. The van der Waals surface area contributed by atoms with Crippen molar-refractivity contribution in [2.75, 3.05) is 13.1 Å². The molecule has 2 rings (SSSR count). The van der Waals surface area contributed by atoms with Crippen LogP contribution in [0.1, 0.15) is 18.5 Å². The maximum absolute atomic E-state index is 12.5. The minimum absolute atomic E-state index is 0.157. The highest BCUT2D eigenvalue weighted by Gasteiger charge is 2.40. The summed E-state index contributed by atoms with van der Waals surface area (Å²) in [6.45, 7) is 1.40. The summed E-state index contributed by atoms with van der Waals surface area (Å²) < 4.78 is 37.5. The van der Waals surface area contributed by atoms with E-state index >= 15 is 0 Å². The first kappa shape index (κ1) is 13.5. The van der Waals surface area contributed by atoms with Crippen molar-refractivity contribution in [2.45, 2.75) is 25.6 Å². The Labute approximate surface area is 108 Å². The molecule has 1 aromatic heterocycles. The van der Waals surface area contributed by atoms with Gasteiger partial charge in [-0.2, -0.15) is 13.2 Å². The van der Waals surface area contributed by atoms with Crippen LogP contribution in [0.4, 0.5) is 13.2 Å². The Bertz CT molecular complexity index is 386. The highest BCUT2D eigenvalue weighted by atomic mass is 35.5. The molecule has 0 aliphatic carbocycles. The van der Waals surface area contributed by atoms with E-state index in [0.717, 1.165) is 5.69 Å². The van der Waals surface area contributed by atoms with Crippen molar-refractivity contribution in [1.82, 2.24) is 14.9 Å². The number of likely N-dealkylation sites (tertiary alicyclic amines) is 1. The van der Waals surface area contributed by atoms with Gasteiger partial charge in [-0.05, 0) is 25.9 Å². The first-order valence-corrected chi connectivity index (χ1v) is 6.08. The molecule has 0 atom stereocenters. The Morgan fingerprint density at radius 2 is 1.89 bits per heavy atom. The average Bonchev–Trinajstić information content (AvgIpc) is 2.32. The Balaban J connectivity index is 1.85. The van der Waals surface area contributed by atoms with Crippen molar-refractivity contribution >= 4 is 11.6 Å². The Hall–Kier alpha value is -0.880. The number of halogens is 4. The van der Waals surface area contributed by atoms with Crippen LogP contribution in [-0.2, 0) is 6.54 Å². The van der Waals surface area contributed by atoms with Crippen LogP contribution in [0.5, 0.6) is 0 Å². The summed E-state index contributed by atoms with van der Waals surface area (Å²) >= 11 is 5.61. The third kappa shape index (κ3) is 3.55. The van der Waals surface area contributed by atoms with Crippen LogP contribution in [0.3, 0.4) is 0 Å². The number of hydrogen-bond donors (Lipinski definition) is 0. The number of hydrogen-bond acceptors (Lipinski definition) is 3. The van der Waals surface area contributed by atoms with Crippen molar-refractivity contribution in [3.05, 3.63) is 23.2 Å². The Kier molecular flexibility index (Phi) is 4.07. The standard InChI is InChI=1S/C11H13ClF3N3/c12-10-6-16-9(5-17-10)7-18-3-1-8(2-4-18)11(13,14)15/h5-6,8H,1-4,7H2. The molecule has 100 valence electrons. The van der Waals surface area contributed by atoms with Crippen LogP contribution in [-0.4, -0.2) is 34.1 Å². The Morgan fingerprint density at radius 3 is 2.39 bits per heavy atom. The predicted molar refractivity (Wildman–Crippen MR) is 61.1 cm³/mol. The fourth-order valence-corrected chi connectivity index (χ4v) is 2.17. The van der Waals surface area contributed by atoms with Gasteiger partial charge in [0.2, 0.25) is 0 Å². The van der Waals surface area contributed by atoms with Crippen LogP contribution in [0.15, 0.2) is 12.4 Å². The molecule has 0 saturated carbocycles. The zero-order chi connectivity index (χ0) is 13.2. The van der Waals surface area contributed by atoms with E-state index in [9.17, 15) is 13.2 Å². The van der Waals surface area contributed by atoms with Crippen molar-refractivity contribution in [3.8, 4) is 0 Å². The maximum atomic E-state index is 12.5. The normalized spacial score (nSPS) is 19.1. The van der Waals surface area contributed by atoms with Crippen LogP contribution < -0.4 is 0 Å². The maximum Gasteiger partial charge on any atom is 0.391 e. The van der Waals surface area contributed by atoms with Crippen LogP contribution >= 0.6 is 11.6 Å². The second kappa shape index (κ2) is 5.40. The third-order valence-corrected chi connectivity index (χ3v) is 3.31. The third-order valence-electron chi connectivity index (χ3n) is 3.11. The molecule has 1 aliphatic heterocycles. The minimum atomic E-state index is -4.06. The van der Waals surface area contributed by atoms with Crippen LogP contribution in [0.2, 0.25) is 5.15 Å². The fraction of sp³-hybridized carbons (Fsp3) is 0.636. The lowest BCUT2D eigenvalue weighted by Crippen LogP contribution is -2.38. The molecule has 0 aromatic carbocycles. The number of alkyl halides is 3. The topological polar surface area (TPSA) is 29.0 Å². The van der Waals surface area contributed by atoms with Crippen molar-refractivity contribution in [3.63, 3.8) is 0 Å². The van der Waals surface area contributed by atoms with Gasteiger partial charge in [-0.15, -0.1) is 0 Å². The molecule has 1 fully saturated rings. The molecule has 1 aliphatic rings. The summed E-state index contributed by atoms with van der Waals surface area (Å²) in [4.78, 5) is 9.94.